The molecule has 0 saturated heterocycles. The van der Waals surface area contributed by atoms with Crippen molar-refractivity contribution in [2.75, 3.05) is 18.4 Å². The smallest absolute Gasteiger partial charge is 0.243 e. The lowest BCUT2D eigenvalue weighted by Gasteiger charge is -2.24. The summed E-state index contributed by atoms with van der Waals surface area (Å²) in [7, 11) is -3.46. The van der Waals surface area contributed by atoms with Crippen LogP contribution in [0.3, 0.4) is 0 Å². The van der Waals surface area contributed by atoms with Crippen LogP contribution in [0.2, 0.25) is 0 Å². The van der Waals surface area contributed by atoms with Gasteiger partial charge in [0.05, 0.1) is 4.90 Å². The first-order valence-electron chi connectivity index (χ1n) is 8.40. The summed E-state index contributed by atoms with van der Waals surface area (Å²) >= 11 is 0. The molecule has 0 aromatic heterocycles. The summed E-state index contributed by atoms with van der Waals surface area (Å²) in [5.41, 5.74) is 0.651. The van der Waals surface area contributed by atoms with Crippen molar-refractivity contribution in [3.05, 3.63) is 24.3 Å². The third-order valence-corrected chi connectivity index (χ3v) is 6.09. The van der Waals surface area contributed by atoms with Gasteiger partial charge in [-0.2, -0.15) is 4.31 Å². The number of nitrogens with one attached hydrogen (secondary N) is 1. The van der Waals surface area contributed by atoms with Gasteiger partial charge in [-0.1, -0.05) is 20.3 Å². The molecule has 5 nitrogen and oxygen atoms in total. The van der Waals surface area contributed by atoms with Gasteiger partial charge in [0, 0.05) is 24.7 Å². The van der Waals surface area contributed by atoms with Crippen molar-refractivity contribution in [1.82, 2.24) is 4.31 Å². The molecule has 1 aromatic rings. The first kappa shape index (κ1) is 17.9. The third kappa shape index (κ3) is 4.32. The SMILES string of the molecule is CCCN(CCC)S(=O)(=O)c1ccc(NC(=O)C2CCC2)cc1. The molecule has 0 atom stereocenters. The van der Waals surface area contributed by atoms with Crippen molar-refractivity contribution >= 4 is 21.6 Å². The average molecular weight is 338 g/mol. The molecule has 0 aliphatic heterocycles. The second kappa shape index (κ2) is 7.93. The van der Waals surface area contributed by atoms with Crippen molar-refractivity contribution in [3.63, 3.8) is 0 Å². The molecule has 0 heterocycles. The van der Waals surface area contributed by atoms with E-state index in [4.69, 9.17) is 0 Å². The number of anilines is 1. The summed E-state index contributed by atoms with van der Waals surface area (Å²) in [5, 5.41) is 2.85. The monoisotopic (exact) mass is 338 g/mol. The van der Waals surface area contributed by atoms with Crippen molar-refractivity contribution in [2.24, 2.45) is 5.92 Å². The number of hydrogen-bond donors (Lipinski definition) is 1. The Balaban J connectivity index is 2.09. The fraction of sp³-hybridized carbons (Fsp3) is 0.588. The van der Waals surface area contributed by atoms with Gasteiger partial charge >= 0.3 is 0 Å². The topological polar surface area (TPSA) is 66.5 Å². The molecule has 0 unspecified atom stereocenters. The molecule has 1 aliphatic carbocycles. The van der Waals surface area contributed by atoms with Crippen molar-refractivity contribution in [1.29, 1.82) is 0 Å². The van der Waals surface area contributed by atoms with E-state index in [0.717, 1.165) is 32.1 Å². The summed E-state index contributed by atoms with van der Waals surface area (Å²) in [5.74, 6) is 0.147. The molecule has 6 heteroatoms. The minimum Gasteiger partial charge on any atom is -0.326 e. The molecular weight excluding hydrogens is 312 g/mol. The van der Waals surface area contributed by atoms with Crippen LogP contribution in [-0.2, 0) is 14.8 Å². The zero-order chi connectivity index (χ0) is 16.9. The van der Waals surface area contributed by atoms with Gasteiger partial charge in [0.15, 0.2) is 0 Å². The maximum Gasteiger partial charge on any atom is 0.243 e. The van der Waals surface area contributed by atoms with E-state index in [9.17, 15) is 13.2 Å². The lowest BCUT2D eigenvalue weighted by molar-refractivity contribution is -0.122. The van der Waals surface area contributed by atoms with Crippen molar-refractivity contribution in [2.45, 2.75) is 50.8 Å². The summed E-state index contributed by atoms with van der Waals surface area (Å²) in [6.45, 7) is 4.99. The van der Waals surface area contributed by atoms with E-state index >= 15 is 0 Å². The molecule has 0 bridgehead atoms. The molecule has 1 N–H and O–H groups in total. The first-order chi connectivity index (χ1) is 11.0. The zero-order valence-electron chi connectivity index (χ0n) is 13.9. The molecule has 1 aromatic carbocycles. The van der Waals surface area contributed by atoms with Gasteiger partial charge in [0.25, 0.3) is 0 Å². The molecule has 1 amide bonds. The molecule has 23 heavy (non-hydrogen) atoms. The average Bonchev–Trinajstić information content (AvgIpc) is 2.45. The van der Waals surface area contributed by atoms with Crippen LogP contribution in [-0.4, -0.2) is 31.7 Å². The Bertz CT molecular complexity index is 616. The Kier molecular flexibility index (Phi) is 6.18. The number of hydrogen-bond acceptors (Lipinski definition) is 3. The number of benzene rings is 1. The highest BCUT2D eigenvalue weighted by atomic mass is 32.2. The molecule has 2 rings (SSSR count). The number of carbonyl (C=O) groups excluding carboxylic acids is 1. The van der Waals surface area contributed by atoms with Crippen molar-refractivity contribution < 1.29 is 13.2 Å². The second-order valence-electron chi connectivity index (χ2n) is 6.05. The number of sulfonamides is 1. The van der Waals surface area contributed by atoms with Gasteiger partial charge < -0.3 is 5.32 Å². The summed E-state index contributed by atoms with van der Waals surface area (Å²) in [6, 6.07) is 6.48. The van der Waals surface area contributed by atoms with Crippen LogP contribution in [0.4, 0.5) is 5.69 Å². The largest absolute Gasteiger partial charge is 0.326 e. The minimum atomic E-state index is -3.46. The highest BCUT2D eigenvalue weighted by Gasteiger charge is 2.26. The van der Waals surface area contributed by atoms with Crippen LogP contribution >= 0.6 is 0 Å². The van der Waals surface area contributed by atoms with E-state index in [1.54, 1.807) is 24.3 Å². The fourth-order valence-electron chi connectivity index (χ4n) is 2.63. The van der Waals surface area contributed by atoms with E-state index in [0.29, 0.717) is 18.8 Å². The second-order valence-corrected chi connectivity index (χ2v) is 7.98. The number of rotatable bonds is 8. The minimum absolute atomic E-state index is 0.0328. The Labute approximate surface area is 139 Å². The predicted molar refractivity (Wildman–Crippen MR) is 91.8 cm³/mol. The lowest BCUT2D eigenvalue weighted by Crippen LogP contribution is -2.32. The van der Waals surface area contributed by atoms with Crippen molar-refractivity contribution in [3.8, 4) is 0 Å². The normalized spacial score (nSPS) is 15.4. The summed E-state index contributed by atoms with van der Waals surface area (Å²) < 4.78 is 26.8. The zero-order valence-corrected chi connectivity index (χ0v) is 14.7. The van der Waals surface area contributed by atoms with Crippen LogP contribution in [0.15, 0.2) is 29.2 Å². The molecule has 1 saturated carbocycles. The Hall–Kier alpha value is -1.40. The van der Waals surface area contributed by atoms with Gasteiger partial charge in [0.1, 0.15) is 0 Å². The fourth-order valence-corrected chi connectivity index (χ4v) is 4.25. The number of amides is 1. The molecule has 128 valence electrons. The van der Waals surface area contributed by atoms with Crippen LogP contribution in [0.1, 0.15) is 46.0 Å². The van der Waals surface area contributed by atoms with E-state index < -0.39 is 10.0 Å². The maximum atomic E-state index is 12.6. The first-order valence-corrected chi connectivity index (χ1v) is 9.84. The molecular formula is C17H26N2O3S. The molecule has 0 spiro atoms. The van der Waals surface area contributed by atoms with E-state index in [-0.39, 0.29) is 16.7 Å². The summed E-state index contributed by atoms with van der Waals surface area (Å²) in [4.78, 5) is 12.2. The van der Waals surface area contributed by atoms with Crippen LogP contribution in [0.25, 0.3) is 0 Å². The Morgan fingerprint density at radius 2 is 1.70 bits per heavy atom. The third-order valence-electron chi connectivity index (χ3n) is 4.18. The van der Waals surface area contributed by atoms with Crippen LogP contribution in [0.5, 0.6) is 0 Å². The van der Waals surface area contributed by atoms with Gasteiger partial charge in [-0.05, 0) is 49.9 Å². The quantitative estimate of drug-likeness (QED) is 0.791. The number of nitrogens with zero attached hydrogens (tertiary/aromatic N) is 1. The highest BCUT2D eigenvalue weighted by Crippen LogP contribution is 2.28. The van der Waals surface area contributed by atoms with E-state index in [1.807, 2.05) is 13.8 Å². The number of carbonyl (C=O) groups is 1. The van der Waals surface area contributed by atoms with Gasteiger partial charge in [-0.15, -0.1) is 0 Å². The van der Waals surface area contributed by atoms with Gasteiger partial charge in [0.2, 0.25) is 15.9 Å². The molecule has 1 aliphatic rings. The maximum absolute atomic E-state index is 12.6. The van der Waals surface area contributed by atoms with Crippen LogP contribution in [0, 0.1) is 5.92 Å². The lowest BCUT2D eigenvalue weighted by atomic mass is 9.85. The molecule has 0 radical (unpaired) electrons. The predicted octanol–water partition coefficient (Wildman–Crippen LogP) is 3.24. The summed E-state index contributed by atoms with van der Waals surface area (Å²) in [6.07, 6.45) is 4.58. The van der Waals surface area contributed by atoms with Gasteiger partial charge in [-0.3, -0.25) is 4.79 Å². The van der Waals surface area contributed by atoms with Crippen LogP contribution < -0.4 is 5.32 Å². The Morgan fingerprint density at radius 3 is 2.13 bits per heavy atom. The highest BCUT2D eigenvalue weighted by molar-refractivity contribution is 7.89. The van der Waals surface area contributed by atoms with Gasteiger partial charge in [-0.25, -0.2) is 8.42 Å². The Morgan fingerprint density at radius 1 is 1.13 bits per heavy atom. The van der Waals surface area contributed by atoms with E-state index in [1.165, 1.54) is 4.31 Å². The molecule has 1 fully saturated rings. The standard InChI is InChI=1S/C17H26N2O3S/c1-3-12-19(13-4-2)23(21,22)16-10-8-15(9-11-16)18-17(20)14-6-5-7-14/h8-11,14H,3-7,12-13H2,1-2H3,(H,18,20). The van der Waals surface area contributed by atoms with E-state index in [2.05, 4.69) is 5.32 Å².